The number of aryl methyl sites for hydroxylation is 1. The summed E-state index contributed by atoms with van der Waals surface area (Å²) >= 11 is 0. The highest BCUT2D eigenvalue weighted by Crippen LogP contribution is 2.30. The Bertz CT molecular complexity index is 828. The molecule has 3 rings (SSSR count). The van der Waals surface area contributed by atoms with Gasteiger partial charge in [-0.3, -0.25) is 0 Å². The van der Waals surface area contributed by atoms with Gasteiger partial charge in [0.25, 0.3) is 0 Å². The Morgan fingerprint density at radius 2 is 2.14 bits per heavy atom. The third-order valence-corrected chi connectivity index (χ3v) is 3.64. The molecule has 0 aliphatic heterocycles. The van der Waals surface area contributed by atoms with E-state index in [9.17, 15) is 4.79 Å². The van der Waals surface area contributed by atoms with E-state index in [1.165, 1.54) is 11.8 Å². The zero-order chi connectivity index (χ0) is 15.7. The maximum Gasteiger partial charge on any atom is 0.519 e. The molecule has 0 saturated heterocycles. The summed E-state index contributed by atoms with van der Waals surface area (Å²) in [6.45, 7) is 6.26. The van der Waals surface area contributed by atoms with Crippen LogP contribution >= 0.6 is 0 Å². The van der Waals surface area contributed by atoms with Crippen molar-refractivity contribution in [3.63, 3.8) is 0 Å². The van der Waals surface area contributed by atoms with Crippen LogP contribution in [0.25, 0.3) is 11.3 Å². The second kappa shape index (κ2) is 5.67. The molecule has 2 aromatic rings. The van der Waals surface area contributed by atoms with E-state index in [2.05, 4.69) is 31.1 Å². The first-order chi connectivity index (χ1) is 10.5. The van der Waals surface area contributed by atoms with Gasteiger partial charge in [0.1, 0.15) is 6.26 Å². The molecule has 1 aliphatic rings. The minimum Gasteiger partial charge on any atom is -0.399 e. The van der Waals surface area contributed by atoms with Crippen LogP contribution in [0.2, 0.25) is 0 Å². The second-order valence-corrected chi connectivity index (χ2v) is 5.62. The molecule has 5 heteroatoms. The lowest BCUT2D eigenvalue weighted by Gasteiger charge is -2.14. The summed E-state index contributed by atoms with van der Waals surface area (Å²) < 4.78 is 11.7. The highest BCUT2D eigenvalue weighted by atomic mass is 16.6. The largest absolute Gasteiger partial charge is 0.519 e. The summed E-state index contributed by atoms with van der Waals surface area (Å²) in [4.78, 5) is 11.1. The molecule has 22 heavy (non-hydrogen) atoms. The van der Waals surface area contributed by atoms with Crippen molar-refractivity contribution in [1.82, 2.24) is 9.78 Å². The van der Waals surface area contributed by atoms with Gasteiger partial charge in [0.15, 0.2) is 5.76 Å². The predicted molar refractivity (Wildman–Crippen MR) is 84.0 cm³/mol. The average molecular weight is 298 g/mol. The van der Waals surface area contributed by atoms with E-state index in [1.807, 2.05) is 29.9 Å². The minimum absolute atomic E-state index is 0.350. The third kappa shape index (κ3) is 2.74. The molecule has 114 valence electrons. The fraction of sp³-hybridized carbons (Fsp3) is 0.294. The molecule has 0 bridgehead atoms. The molecule has 0 saturated carbocycles. The zero-order valence-corrected chi connectivity index (χ0v) is 12.9. The molecule has 0 atom stereocenters. The zero-order valence-electron chi connectivity index (χ0n) is 12.9. The predicted octanol–water partition coefficient (Wildman–Crippen LogP) is 3.65. The topological polar surface area (TPSA) is 61.2 Å². The van der Waals surface area contributed by atoms with Crippen LogP contribution in [-0.2, 0) is 0 Å². The lowest BCUT2D eigenvalue weighted by Crippen LogP contribution is -2.05. The Kier molecular flexibility index (Phi) is 3.71. The molecule has 0 N–H and O–H groups in total. The molecular formula is C17H18N2O3. The van der Waals surface area contributed by atoms with Crippen LogP contribution in [0.3, 0.4) is 0 Å². The summed E-state index contributed by atoms with van der Waals surface area (Å²) in [7, 11) is 0. The summed E-state index contributed by atoms with van der Waals surface area (Å²) in [6, 6.07) is 1.98. The van der Waals surface area contributed by atoms with Crippen molar-refractivity contribution >= 4 is 11.3 Å². The number of hydrogen-bond acceptors (Lipinski definition) is 4. The molecule has 5 nitrogen and oxygen atoms in total. The maximum atomic E-state index is 11.1. The quantitative estimate of drug-likeness (QED) is 0.867. The Balaban J connectivity index is 2.03. The van der Waals surface area contributed by atoms with E-state index in [1.54, 1.807) is 0 Å². The standard InChI is InChI=1S/C17H18N2O3/c1-11(2)14-6-4-13(16-10-21-17(20)22-16)5-7-15(14)19-9-8-12(3)18-19/h4,6-11H,5H2,1-3H3. The summed E-state index contributed by atoms with van der Waals surface area (Å²) in [5.74, 6) is 0.140. The van der Waals surface area contributed by atoms with Gasteiger partial charge in [-0.2, -0.15) is 5.10 Å². The van der Waals surface area contributed by atoms with Gasteiger partial charge in [0.2, 0.25) is 0 Å². The van der Waals surface area contributed by atoms with Crippen LogP contribution < -0.4 is 5.82 Å². The highest BCUT2D eigenvalue weighted by molar-refractivity contribution is 5.74. The van der Waals surface area contributed by atoms with Crippen LogP contribution in [0.4, 0.5) is 0 Å². The minimum atomic E-state index is -0.680. The highest BCUT2D eigenvalue weighted by Gasteiger charge is 2.16. The Morgan fingerprint density at radius 3 is 2.73 bits per heavy atom. The van der Waals surface area contributed by atoms with Gasteiger partial charge in [0, 0.05) is 11.8 Å². The normalized spacial score (nSPS) is 15.4. The maximum absolute atomic E-state index is 11.1. The van der Waals surface area contributed by atoms with Gasteiger partial charge in [-0.15, -0.1) is 0 Å². The number of nitrogens with zero attached hydrogens (tertiary/aromatic N) is 2. The fourth-order valence-electron chi connectivity index (χ4n) is 2.50. The lowest BCUT2D eigenvalue weighted by molar-refractivity contribution is 0.382. The molecule has 0 amide bonds. The average Bonchev–Trinajstić information content (AvgIpc) is 3.01. The number of allylic oxidation sites excluding steroid dienone is 6. The van der Waals surface area contributed by atoms with Crippen molar-refractivity contribution in [2.24, 2.45) is 5.92 Å². The molecule has 0 unspecified atom stereocenters. The summed E-state index contributed by atoms with van der Waals surface area (Å²) in [6.07, 6.45) is 10.1. The molecule has 0 aromatic carbocycles. The first-order valence-corrected chi connectivity index (χ1v) is 7.27. The van der Waals surface area contributed by atoms with Crippen LogP contribution in [0.5, 0.6) is 0 Å². The fourth-order valence-corrected chi connectivity index (χ4v) is 2.50. The molecule has 0 radical (unpaired) electrons. The first-order valence-electron chi connectivity index (χ1n) is 7.27. The number of rotatable bonds is 3. The Labute approximate surface area is 128 Å². The Hall–Kier alpha value is -2.56. The molecule has 0 spiro atoms. The van der Waals surface area contributed by atoms with E-state index >= 15 is 0 Å². The molecular weight excluding hydrogens is 280 g/mol. The summed E-state index contributed by atoms with van der Waals surface area (Å²) in [5, 5.41) is 4.50. The van der Waals surface area contributed by atoms with Gasteiger partial charge in [-0.25, -0.2) is 9.48 Å². The van der Waals surface area contributed by atoms with Gasteiger partial charge in [-0.05, 0) is 30.9 Å². The lowest BCUT2D eigenvalue weighted by atomic mass is 9.99. The molecule has 1 aliphatic carbocycles. The van der Waals surface area contributed by atoms with Gasteiger partial charge < -0.3 is 8.83 Å². The Morgan fingerprint density at radius 1 is 1.32 bits per heavy atom. The monoisotopic (exact) mass is 298 g/mol. The van der Waals surface area contributed by atoms with Crippen LogP contribution in [0.1, 0.15) is 31.7 Å². The van der Waals surface area contributed by atoms with Gasteiger partial charge in [0.05, 0.1) is 11.4 Å². The number of aromatic nitrogens is 2. The van der Waals surface area contributed by atoms with E-state index in [-0.39, 0.29) is 0 Å². The van der Waals surface area contributed by atoms with Gasteiger partial charge in [-0.1, -0.05) is 32.1 Å². The van der Waals surface area contributed by atoms with E-state index in [0.29, 0.717) is 18.1 Å². The molecule has 0 fully saturated rings. The van der Waals surface area contributed by atoms with Crippen molar-refractivity contribution in [2.45, 2.75) is 27.2 Å². The SMILES string of the molecule is Cc1ccn(C2=CCC(c3coc(=O)o3)=CC=C2C(C)C)n1. The van der Waals surface area contributed by atoms with Crippen molar-refractivity contribution in [2.75, 3.05) is 0 Å². The van der Waals surface area contributed by atoms with Crippen LogP contribution in [0.15, 0.2) is 56.0 Å². The van der Waals surface area contributed by atoms with Crippen molar-refractivity contribution in [3.05, 3.63) is 64.4 Å². The van der Waals surface area contributed by atoms with Crippen LogP contribution in [-0.4, -0.2) is 9.78 Å². The third-order valence-electron chi connectivity index (χ3n) is 3.64. The van der Waals surface area contributed by atoms with E-state index < -0.39 is 5.82 Å². The summed E-state index contributed by atoms with van der Waals surface area (Å²) in [5.41, 5.74) is 4.12. The first kappa shape index (κ1) is 14.4. The molecule has 2 aromatic heterocycles. The number of hydrogen-bond donors (Lipinski definition) is 0. The molecule has 2 heterocycles. The van der Waals surface area contributed by atoms with Crippen LogP contribution in [0, 0.1) is 12.8 Å². The van der Waals surface area contributed by atoms with Crippen molar-refractivity contribution in [3.8, 4) is 0 Å². The van der Waals surface area contributed by atoms with Crippen molar-refractivity contribution in [1.29, 1.82) is 0 Å². The van der Waals surface area contributed by atoms with Gasteiger partial charge >= 0.3 is 5.82 Å². The van der Waals surface area contributed by atoms with E-state index in [0.717, 1.165) is 17.0 Å². The van der Waals surface area contributed by atoms with Crippen molar-refractivity contribution < 1.29 is 8.83 Å². The smallest absolute Gasteiger partial charge is 0.399 e. The second-order valence-electron chi connectivity index (χ2n) is 5.62. The van der Waals surface area contributed by atoms with E-state index in [4.69, 9.17) is 8.83 Å².